The van der Waals surface area contributed by atoms with Crippen molar-refractivity contribution in [2.24, 2.45) is 4.99 Å². The van der Waals surface area contributed by atoms with Crippen LogP contribution in [0.3, 0.4) is 0 Å². The average Bonchev–Trinajstić information content (AvgIpc) is 3.16. The fourth-order valence-corrected chi connectivity index (χ4v) is 5.94. The summed E-state index contributed by atoms with van der Waals surface area (Å²) >= 11 is 0. The van der Waals surface area contributed by atoms with Crippen LogP contribution in [0.4, 0.5) is 21.5 Å². The number of carboxylic acids is 1. The minimum atomic E-state index is -1.05. The van der Waals surface area contributed by atoms with E-state index in [1.54, 1.807) is 29.2 Å². The van der Waals surface area contributed by atoms with Crippen LogP contribution in [0.15, 0.2) is 83.9 Å². The van der Waals surface area contributed by atoms with Gasteiger partial charge >= 0.3 is 5.97 Å². The summed E-state index contributed by atoms with van der Waals surface area (Å²) < 4.78 is 21.5. The van der Waals surface area contributed by atoms with Crippen molar-refractivity contribution in [2.45, 2.75) is 99.6 Å². The highest BCUT2D eigenvalue weighted by molar-refractivity contribution is 5.94. The van der Waals surface area contributed by atoms with E-state index >= 15 is 4.39 Å². The number of anilines is 2. The lowest BCUT2D eigenvalue weighted by molar-refractivity contribution is -0.118. The molecule has 2 N–H and O–H groups in total. The molecule has 4 aromatic carbocycles. The van der Waals surface area contributed by atoms with E-state index < -0.39 is 11.8 Å². The zero-order valence-electron chi connectivity index (χ0n) is 31.3. The molecule has 8 heteroatoms. The number of aliphatic imine (C=N–C) groups is 1. The molecule has 0 heterocycles. The van der Waals surface area contributed by atoms with Gasteiger partial charge in [-0.2, -0.15) is 0 Å². The fraction of sp³-hybridized carbons (Fsp3) is 0.372. The van der Waals surface area contributed by atoms with Gasteiger partial charge in [-0.05, 0) is 85.8 Å². The van der Waals surface area contributed by atoms with E-state index in [1.165, 1.54) is 24.8 Å². The summed E-state index contributed by atoms with van der Waals surface area (Å²) in [6.45, 7) is 14.5. The summed E-state index contributed by atoms with van der Waals surface area (Å²) in [6.07, 6.45) is 7.43. The number of carbonyl (C=O) groups is 2. The van der Waals surface area contributed by atoms with Crippen molar-refractivity contribution in [1.29, 1.82) is 0 Å². The van der Waals surface area contributed by atoms with E-state index in [4.69, 9.17) is 4.74 Å². The number of halogens is 1. The molecule has 272 valence electrons. The number of nitrogens with zero attached hydrogens (tertiary/aromatic N) is 2. The maximum Gasteiger partial charge on any atom is 0.335 e. The molecule has 0 bridgehead atoms. The van der Waals surface area contributed by atoms with Crippen LogP contribution >= 0.6 is 0 Å². The van der Waals surface area contributed by atoms with E-state index in [0.29, 0.717) is 30.4 Å². The lowest BCUT2D eigenvalue weighted by Crippen LogP contribution is -2.29. The first-order valence-electron chi connectivity index (χ1n) is 18.4. The number of rotatable bonds is 12. The number of carbonyl (C=O) groups excluding carboxylic acids is 1. The number of aryl methyl sites for hydroxylation is 1. The highest BCUT2D eigenvalue weighted by Crippen LogP contribution is 2.32. The summed E-state index contributed by atoms with van der Waals surface area (Å²) in [4.78, 5) is 30.5. The normalized spacial score (nSPS) is 12.6. The predicted octanol–water partition coefficient (Wildman–Crippen LogP) is 11.4. The molecule has 1 aliphatic carbocycles. The largest absolute Gasteiger partial charge is 0.489 e. The number of aromatic carboxylic acids is 1. The van der Waals surface area contributed by atoms with Gasteiger partial charge in [0.25, 0.3) is 0 Å². The van der Waals surface area contributed by atoms with Crippen molar-refractivity contribution in [2.75, 3.05) is 16.8 Å². The number of nitrogens with one attached hydrogen (secondary N) is 1. The molecule has 1 aliphatic rings. The van der Waals surface area contributed by atoms with Crippen LogP contribution in [0.1, 0.15) is 107 Å². The minimum Gasteiger partial charge on any atom is -0.489 e. The van der Waals surface area contributed by atoms with Crippen LogP contribution in [0.5, 0.6) is 5.75 Å². The van der Waals surface area contributed by atoms with Crippen molar-refractivity contribution >= 4 is 35.2 Å². The smallest absolute Gasteiger partial charge is 0.335 e. The Bertz CT molecular complexity index is 1750. The zero-order chi connectivity index (χ0) is 37.3. The molecule has 0 aliphatic heterocycles. The Hall–Kier alpha value is -4.98. The summed E-state index contributed by atoms with van der Waals surface area (Å²) in [5.74, 6) is -1.17. The van der Waals surface area contributed by atoms with Crippen LogP contribution in [0.25, 0.3) is 11.1 Å². The Kier molecular flexibility index (Phi) is 16.4. The Labute approximate surface area is 303 Å². The van der Waals surface area contributed by atoms with Gasteiger partial charge in [0.2, 0.25) is 5.91 Å². The maximum absolute atomic E-state index is 15.4. The zero-order valence-corrected chi connectivity index (χ0v) is 31.3. The summed E-state index contributed by atoms with van der Waals surface area (Å²) in [5, 5.41) is 13.0. The van der Waals surface area contributed by atoms with Crippen LogP contribution < -0.4 is 15.0 Å². The minimum absolute atomic E-state index is 0.0355. The molecule has 1 saturated carbocycles. The van der Waals surface area contributed by atoms with E-state index in [9.17, 15) is 14.7 Å². The van der Waals surface area contributed by atoms with Crippen LogP contribution in [-0.4, -0.2) is 35.8 Å². The van der Waals surface area contributed by atoms with Gasteiger partial charge in [-0.1, -0.05) is 89.8 Å². The molecule has 0 atom stereocenters. The number of ether oxygens (including phenoxy) is 1. The van der Waals surface area contributed by atoms with Crippen LogP contribution in [0, 0.1) is 12.7 Å². The Morgan fingerprint density at radius 3 is 2.25 bits per heavy atom. The summed E-state index contributed by atoms with van der Waals surface area (Å²) in [5.41, 5.74) is 6.35. The fourth-order valence-electron chi connectivity index (χ4n) is 5.94. The van der Waals surface area contributed by atoms with Crippen molar-refractivity contribution in [3.05, 3.63) is 107 Å². The first kappa shape index (κ1) is 40.4. The second-order valence-corrected chi connectivity index (χ2v) is 11.9. The van der Waals surface area contributed by atoms with Crippen molar-refractivity contribution in [3.8, 4) is 16.9 Å². The Morgan fingerprint density at radius 1 is 0.922 bits per heavy atom. The first-order valence-corrected chi connectivity index (χ1v) is 18.4. The molecule has 4 aromatic rings. The van der Waals surface area contributed by atoms with E-state index in [-0.39, 0.29) is 23.6 Å². The van der Waals surface area contributed by atoms with E-state index in [1.807, 2.05) is 66.7 Å². The van der Waals surface area contributed by atoms with Gasteiger partial charge in [-0.15, -0.1) is 0 Å². The molecule has 0 unspecified atom stereocenters. The third kappa shape index (κ3) is 11.3. The average molecular weight is 696 g/mol. The SMILES string of the molecule is CC.CC.CCC(=O)N(CC)c1ccc(-c2ccc(C)cc2)c(COc2ccc(C=Nc3cc(C(=O)O)ccc3NC3CCCCC3)c(F)c2)c1. The molecule has 0 radical (unpaired) electrons. The second-order valence-electron chi connectivity index (χ2n) is 11.9. The van der Waals surface area contributed by atoms with Gasteiger partial charge in [0, 0.05) is 42.5 Å². The third-order valence-corrected chi connectivity index (χ3v) is 8.60. The maximum atomic E-state index is 15.4. The molecule has 1 fully saturated rings. The number of benzene rings is 4. The molecule has 51 heavy (non-hydrogen) atoms. The topological polar surface area (TPSA) is 91.2 Å². The van der Waals surface area contributed by atoms with E-state index in [0.717, 1.165) is 59.3 Å². The third-order valence-electron chi connectivity index (χ3n) is 8.60. The molecule has 0 saturated heterocycles. The first-order chi connectivity index (χ1) is 24.7. The van der Waals surface area contributed by atoms with Gasteiger partial charge < -0.3 is 20.1 Å². The highest BCUT2D eigenvalue weighted by Gasteiger charge is 2.17. The lowest BCUT2D eigenvalue weighted by atomic mass is 9.95. The number of hydrogen-bond acceptors (Lipinski definition) is 5. The Balaban J connectivity index is 0.00000169. The van der Waals surface area contributed by atoms with Gasteiger partial charge in [0.05, 0.1) is 16.9 Å². The molecule has 5 rings (SSSR count). The molecule has 7 nitrogen and oxygen atoms in total. The van der Waals surface area contributed by atoms with Crippen molar-refractivity contribution < 1.29 is 23.8 Å². The second kappa shape index (κ2) is 20.6. The van der Waals surface area contributed by atoms with Gasteiger partial charge in [-0.25, -0.2) is 9.18 Å². The number of carboxylic acid groups (broad SMARTS) is 1. The summed E-state index contributed by atoms with van der Waals surface area (Å²) in [6, 6.07) is 23.8. The van der Waals surface area contributed by atoms with Gasteiger partial charge in [0.15, 0.2) is 0 Å². The monoisotopic (exact) mass is 695 g/mol. The lowest BCUT2D eigenvalue weighted by Gasteiger charge is -2.24. The molecular weight excluding hydrogens is 641 g/mol. The molecule has 1 amide bonds. The Morgan fingerprint density at radius 2 is 1.63 bits per heavy atom. The van der Waals surface area contributed by atoms with Crippen LogP contribution in [-0.2, 0) is 11.4 Å². The van der Waals surface area contributed by atoms with Gasteiger partial charge in [0.1, 0.15) is 18.2 Å². The molecule has 0 spiro atoms. The predicted molar refractivity (Wildman–Crippen MR) is 210 cm³/mol. The number of hydrogen-bond donors (Lipinski definition) is 2. The van der Waals surface area contributed by atoms with Crippen molar-refractivity contribution in [1.82, 2.24) is 0 Å². The van der Waals surface area contributed by atoms with Crippen molar-refractivity contribution in [3.63, 3.8) is 0 Å². The summed E-state index contributed by atoms with van der Waals surface area (Å²) in [7, 11) is 0. The standard InChI is InChI=1S/C39H42FN3O4.2C2H6/c1-4-38(44)43(5-2)32-17-19-34(27-13-11-26(3)12-14-27)30(21-32)25-47-33-18-15-29(35(40)23-33)24-41-37-22-28(39(45)46)16-20-36(37)42-31-9-7-6-8-10-31;2*1-2/h11-24,31,42H,4-10,25H2,1-3H3,(H,45,46);2*1-2H3. The highest BCUT2D eigenvalue weighted by atomic mass is 19.1. The molecular formula is C43H54FN3O4. The van der Waals surface area contributed by atoms with Crippen LogP contribution in [0.2, 0.25) is 0 Å². The van der Waals surface area contributed by atoms with E-state index in [2.05, 4.69) is 34.6 Å². The number of amides is 1. The molecule has 0 aromatic heterocycles. The van der Waals surface area contributed by atoms with Gasteiger partial charge in [-0.3, -0.25) is 9.79 Å². The quantitative estimate of drug-likeness (QED) is 0.144.